The predicted molar refractivity (Wildman–Crippen MR) is 59.8 cm³/mol. The second-order valence-corrected chi connectivity index (χ2v) is 4.88. The Morgan fingerprint density at radius 1 is 1.13 bits per heavy atom. The largest absolute Gasteiger partial charge is 0.396 e. The molecule has 0 aromatic rings. The third-order valence-electron chi connectivity index (χ3n) is 3.78. The van der Waals surface area contributed by atoms with Gasteiger partial charge in [0.05, 0.1) is 6.10 Å². The number of aliphatic hydroxyl groups is 1. The molecule has 15 heavy (non-hydrogen) atoms. The van der Waals surface area contributed by atoms with Crippen LogP contribution >= 0.6 is 0 Å². The number of ether oxygens (including phenoxy) is 1. The monoisotopic (exact) mass is 213 g/mol. The Kier molecular flexibility index (Phi) is 4.42. The number of rotatable bonds is 4. The van der Waals surface area contributed by atoms with E-state index in [4.69, 9.17) is 4.74 Å². The molecule has 3 atom stereocenters. The van der Waals surface area contributed by atoms with E-state index in [1.165, 1.54) is 38.5 Å². The van der Waals surface area contributed by atoms with Gasteiger partial charge in [-0.3, -0.25) is 0 Å². The molecule has 2 N–H and O–H groups in total. The highest BCUT2D eigenvalue weighted by molar-refractivity contribution is 4.82. The predicted octanol–water partition coefficient (Wildman–Crippen LogP) is 1.31. The van der Waals surface area contributed by atoms with E-state index in [9.17, 15) is 5.11 Å². The average Bonchev–Trinajstić information content (AvgIpc) is 2.79. The van der Waals surface area contributed by atoms with Crippen molar-refractivity contribution in [3.63, 3.8) is 0 Å². The summed E-state index contributed by atoms with van der Waals surface area (Å²) in [4.78, 5) is 0. The van der Waals surface area contributed by atoms with Crippen molar-refractivity contribution in [1.82, 2.24) is 5.32 Å². The highest BCUT2D eigenvalue weighted by atomic mass is 16.5. The van der Waals surface area contributed by atoms with E-state index >= 15 is 0 Å². The van der Waals surface area contributed by atoms with Crippen LogP contribution in [0.5, 0.6) is 0 Å². The fourth-order valence-electron chi connectivity index (χ4n) is 2.78. The first kappa shape index (κ1) is 11.4. The van der Waals surface area contributed by atoms with Crippen LogP contribution in [-0.4, -0.2) is 37.0 Å². The van der Waals surface area contributed by atoms with Gasteiger partial charge < -0.3 is 15.2 Å². The Morgan fingerprint density at radius 2 is 2.00 bits per heavy atom. The fraction of sp³-hybridized carbons (Fsp3) is 1.00. The Balaban J connectivity index is 1.71. The maximum Gasteiger partial charge on any atom is 0.0700 e. The van der Waals surface area contributed by atoms with Crippen molar-refractivity contribution >= 4 is 0 Å². The van der Waals surface area contributed by atoms with Crippen molar-refractivity contribution < 1.29 is 9.84 Å². The molecule has 2 rings (SSSR count). The van der Waals surface area contributed by atoms with Crippen molar-refractivity contribution in [2.24, 2.45) is 5.92 Å². The van der Waals surface area contributed by atoms with Gasteiger partial charge in [0.25, 0.3) is 0 Å². The molecule has 3 unspecified atom stereocenters. The smallest absolute Gasteiger partial charge is 0.0700 e. The lowest BCUT2D eigenvalue weighted by Crippen LogP contribution is -2.43. The first-order chi connectivity index (χ1) is 7.40. The normalized spacial score (nSPS) is 37.0. The standard InChI is InChI=1S/C12H23NO2/c14-9-10-4-1-2-6-12(10)13-8-11-5-3-7-15-11/h10-14H,1-9H2. The van der Waals surface area contributed by atoms with E-state index in [-0.39, 0.29) is 0 Å². The molecule has 1 saturated carbocycles. The summed E-state index contributed by atoms with van der Waals surface area (Å²) in [6.07, 6.45) is 7.82. The minimum Gasteiger partial charge on any atom is -0.396 e. The molecule has 0 aromatic heterocycles. The summed E-state index contributed by atoms with van der Waals surface area (Å²) in [6, 6.07) is 0.521. The second kappa shape index (κ2) is 5.83. The van der Waals surface area contributed by atoms with Gasteiger partial charge in [0.15, 0.2) is 0 Å². The van der Waals surface area contributed by atoms with Gasteiger partial charge in [0.2, 0.25) is 0 Å². The van der Waals surface area contributed by atoms with Crippen LogP contribution in [0.3, 0.4) is 0 Å². The Labute approximate surface area is 92.2 Å². The van der Waals surface area contributed by atoms with Gasteiger partial charge in [-0.05, 0) is 31.6 Å². The summed E-state index contributed by atoms with van der Waals surface area (Å²) in [6.45, 7) is 2.24. The van der Waals surface area contributed by atoms with Crippen molar-refractivity contribution in [1.29, 1.82) is 0 Å². The summed E-state index contributed by atoms with van der Waals surface area (Å²) in [5, 5.41) is 12.9. The number of hydrogen-bond donors (Lipinski definition) is 2. The van der Waals surface area contributed by atoms with Crippen molar-refractivity contribution in [3.05, 3.63) is 0 Å². The molecule has 2 fully saturated rings. The van der Waals surface area contributed by atoms with Crippen LogP contribution in [0.4, 0.5) is 0 Å². The van der Waals surface area contributed by atoms with E-state index in [2.05, 4.69) is 5.32 Å². The molecule has 0 aromatic carbocycles. The molecule has 1 aliphatic carbocycles. The highest BCUT2D eigenvalue weighted by Crippen LogP contribution is 2.24. The summed E-state index contributed by atoms with van der Waals surface area (Å²) in [7, 11) is 0. The van der Waals surface area contributed by atoms with Crippen LogP contribution in [0, 0.1) is 5.92 Å². The first-order valence-corrected chi connectivity index (χ1v) is 6.36. The van der Waals surface area contributed by atoms with Gasteiger partial charge >= 0.3 is 0 Å². The molecule has 0 spiro atoms. The molecule has 0 bridgehead atoms. The van der Waals surface area contributed by atoms with Crippen LogP contribution in [-0.2, 0) is 4.74 Å². The number of aliphatic hydroxyl groups excluding tert-OH is 1. The number of hydrogen-bond acceptors (Lipinski definition) is 3. The summed E-state index contributed by atoms with van der Waals surface area (Å²) in [5.41, 5.74) is 0. The minimum atomic E-state index is 0.336. The van der Waals surface area contributed by atoms with Crippen molar-refractivity contribution in [2.75, 3.05) is 19.8 Å². The lowest BCUT2D eigenvalue weighted by atomic mass is 9.85. The zero-order chi connectivity index (χ0) is 10.5. The first-order valence-electron chi connectivity index (χ1n) is 6.36. The van der Waals surface area contributed by atoms with E-state index in [1.54, 1.807) is 0 Å². The summed E-state index contributed by atoms with van der Waals surface area (Å²) >= 11 is 0. The summed E-state index contributed by atoms with van der Waals surface area (Å²) < 4.78 is 5.59. The molecular formula is C12H23NO2. The Hall–Kier alpha value is -0.120. The molecule has 0 amide bonds. The molecular weight excluding hydrogens is 190 g/mol. The topological polar surface area (TPSA) is 41.5 Å². The SMILES string of the molecule is OCC1CCCCC1NCC1CCCO1. The molecule has 1 heterocycles. The van der Waals surface area contributed by atoms with Gasteiger partial charge in [-0.1, -0.05) is 12.8 Å². The highest BCUT2D eigenvalue weighted by Gasteiger charge is 2.25. The van der Waals surface area contributed by atoms with Crippen molar-refractivity contribution in [2.45, 2.75) is 50.7 Å². The van der Waals surface area contributed by atoms with E-state index in [0.717, 1.165) is 13.2 Å². The molecule has 0 radical (unpaired) electrons. The van der Waals surface area contributed by atoms with E-state index in [0.29, 0.717) is 24.7 Å². The molecule has 2 aliphatic rings. The molecule has 1 saturated heterocycles. The average molecular weight is 213 g/mol. The zero-order valence-corrected chi connectivity index (χ0v) is 9.45. The lowest BCUT2D eigenvalue weighted by molar-refractivity contribution is 0.0943. The quantitative estimate of drug-likeness (QED) is 0.740. The third-order valence-corrected chi connectivity index (χ3v) is 3.78. The van der Waals surface area contributed by atoms with Crippen LogP contribution in [0.1, 0.15) is 38.5 Å². The zero-order valence-electron chi connectivity index (χ0n) is 9.45. The molecule has 1 aliphatic heterocycles. The van der Waals surface area contributed by atoms with Gasteiger partial charge in [-0.15, -0.1) is 0 Å². The third kappa shape index (κ3) is 3.16. The maximum atomic E-state index is 9.28. The maximum absolute atomic E-state index is 9.28. The number of nitrogens with one attached hydrogen (secondary N) is 1. The molecule has 3 heteroatoms. The van der Waals surface area contributed by atoms with Gasteiger partial charge in [0.1, 0.15) is 0 Å². The fourth-order valence-corrected chi connectivity index (χ4v) is 2.78. The van der Waals surface area contributed by atoms with Crippen LogP contribution < -0.4 is 5.32 Å². The van der Waals surface area contributed by atoms with Gasteiger partial charge in [0, 0.05) is 25.8 Å². The summed E-state index contributed by atoms with van der Waals surface area (Å²) in [5.74, 6) is 0.472. The van der Waals surface area contributed by atoms with Crippen molar-refractivity contribution in [3.8, 4) is 0 Å². The molecule has 3 nitrogen and oxygen atoms in total. The van der Waals surface area contributed by atoms with Crippen LogP contribution in [0.15, 0.2) is 0 Å². The van der Waals surface area contributed by atoms with E-state index < -0.39 is 0 Å². The van der Waals surface area contributed by atoms with E-state index in [1.807, 2.05) is 0 Å². The Morgan fingerprint density at radius 3 is 2.73 bits per heavy atom. The lowest BCUT2D eigenvalue weighted by Gasteiger charge is -2.31. The van der Waals surface area contributed by atoms with Crippen LogP contribution in [0.2, 0.25) is 0 Å². The van der Waals surface area contributed by atoms with Gasteiger partial charge in [-0.2, -0.15) is 0 Å². The molecule has 88 valence electrons. The van der Waals surface area contributed by atoms with Crippen LogP contribution in [0.25, 0.3) is 0 Å². The Bertz CT molecular complexity index is 180. The minimum absolute atomic E-state index is 0.336. The van der Waals surface area contributed by atoms with Gasteiger partial charge in [-0.25, -0.2) is 0 Å². The second-order valence-electron chi connectivity index (χ2n) is 4.88.